The van der Waals surface area contributed by atoms with Gasteiger partial charge in [0, 0.05) is 5.25 Å². The minimum Gasteiger partial charge on any atom is -0.483 e. The van der Waals surface area contributed by atoms with Gasteiger partial charge in [-0.15, -0.1) is 10.2 Å². The molecular formula is C15H19N3O2S2. The van der Waals surface area contributed by atoms with E-state index >= 15 is 0 Å². The third-order valence-electron chi connectivity index (χ3n) is 2.69. The summed E-state index contributed by atoms with van der Waals surface area (Å²) in [5, 5.41) is 11.6. The van der Waals surface area contributed by atoms with E-state index in [2.05, 4.69) is 29.4 Å². The highest BCUT2D eigenvalue weighted by Crippen LogP contribution is 2.28. The fraction of sp³-hybridized carbons (Fsp3) is 0.400. The number of thioether (sulfide) groups is 1. The minimum atomic E-state index is -0.238. The molecule has 0 bridgehead atoms. The normalized spacial score (nSPS) is 10.8. The molecular weight excluding hydrogens is 318 g/mol. The van der Waals surface area contributed by atoms with Gasteiger partial charge >= 0.3 is 0 Å². The lowest BCUT2D eigenvalue weighted by atomic mass is 10.1. The standard InChI is InChI=1S/C15H19N3O2S2/c1-9(2)21-15-18-17-14(22-15)16-13(19)8-20-12-7-10(3)5-6-11(12)4/h5-7,9H,8H2,1-4H3,(H,16,17,19). The van der Waals surface area contributed by atoms with Crippen LogP contribution in [-0.2, 0) is 4.79 Å². The molecule has 1 amide bonds. The summed E-state index contributed by atoms with van der Waals surface area (Å²) in [5.74, 6) is 0.488. The summed E-state index contributed by atoms with van der Waals surface area (Å²) in [6, 6.07) is 5.91. The van der Waals surface area contributed by atoms with Crippen LogP contribution >= 0.6 is 23.1 Å². The summed E-state index contributed by atoms with van der Waals surface area (Å²) >= 11 is 2.99. The van der Waals surface area contributed by atoms with E-state index in [0.29, 0.717) is 10.4 Å². The molecule has 0 aliphatic rings. The first-order valence-corrected chi connectivity index (χ1v) is 8.63. The van der Waals surface area contributed by atoms with E-state index in [1.165, 1.54) is 11.3 Å². The van der Waals surface area contributed by atoms with Crippen molar-refractivity contribution in [3.63, 3.8) is 0 Å². The van der Waals surface area contributed by atoms with Crippen LogP contribution in [0.1, 0.15) is 25.0 Å². The fourth-order valence-corrected chi connectivity index (χ4v) is 3.66. The molecule has 1 aromatic carbocycles. The number of hydrogen-bond donors (Lipinski definition) is 1. The van der Waals surface area contributed by atoms with Gasteiger partial charge in [0.1, 0.15) is 5.75 Å². The Morgan fingerprint density at radius 3 is 2.86 bits per heavy atom. The molecule has 0 atom stereocenters. The Morgan fingerprint density at radius 1 is 1.36 bits per heavy atom. The van der Waals surface area contributed by atoms with Crippen molar-refractivity contribution in [1.82, 2.24) is 10.2 Å². The largest absolute Gasteiger partial charge is 0.483 e. The first-order valence-electron chi connectivity index (χ1n) is 6.94. The quantitative estimate of drug-likeness (QED) is 0.643. The number of rotatable bonds is 6. The van der Waals surface area contributed by atoms with Gasteiger partial charge in [-0.05, 0) is 31.0 Å². The van der Waals surface area contributed by atoms with Crippen LogP contribution in [0.25, 0.3) is 0 Å². The predicted octanol–water partition coefficient (Wildman–Crippen LogP) is 3.67. The number of amides is 1. The Morgan fingerprint density at radius 2 is 2.14 bits per heavy atom. The highest BCUT2D eigenvalue weighted by molar-refractivity contribution is 8.01. The van der Waals surface area contributed by atoms with Crippen molar-refractivity contribution in [3.8, 4) is 5.75 Å². The molecule has 2 rings (SSSR count). The van der Waals surface area contributed by atoms with Gasteiger partial charge in [0.05, 0.1) is 0 Å². The Kier molecular flexibility index (Phi) is 5.79. The maximum atomic E-state index is 11.9. The van der Waals surface area contributed by atoms with E-state index in [1.54, 1.807) is 11.8 Å². The van der Waals surface area contributed by atoms with Crippen LogP contribution in [0.5, 0.6) is 5.75 Å². The maximum absolute atomic E-state index is 11.9. The first kappa shape index (κ1) is 16.8. The zero-order chi connectivity index (χ0) is 16.1. The van der Waals surface area contributed by atoms with Crippen molar-refractivity contribution in [1.29, 1.82) is 0 Å². The monoisotopic (exact) mass is 337 g/mol. The molecule has 0 saturated heterocycles. The second-order valence-corrected chi connectivity index (χ2v) is 7.95. The van der Waals surface area contributed by atoms with Gasteiger partial charge in [0.15, 0.2) is 10.9 Å². The van der Waals surface area contributed by atoms with Crippen LogP contribution in [0.15, 0.2) is 22.5 Å². The number of carbonyl (C=O) groups is 1. The summed E-state index contributed by atoms with van der Waals surface area (Å²) in [7, 11) is 0. The molecule has 22 heavy (non-hydrogen) atoms. The van der Waals surface area contributed by atoms with Crippen LogP contribution in [0.3, 0.4) is 0 Å². The summed E-state index contributed by atoms with van der Waals surface area (Å²) in [4.78, 5) is 11.9. The van der Waals surface area contributed by atoms with Crippen LogP contribution in [0, 0.1) is 13.8 Å². The lowest BCUT2D eigenvalue weighted by molar-refractivity contribution is -0.118. The smallest absolute Gasteiger partial charge is 0.264 e. The number of benzene rings is 1. The van der Waals surface area contributed by atoms with Gasteiger partial charge in [0.2, 0.25) is 5.13 Å². The van der Waals surface area contributed by atoms with Crippen LogP contribution in [-0.4, -0.2) is 28.0 Å². The summed E-state index contributed by atoms with van der Waals surface area (Å²) < 4.78 is 6.41. The molecule has 5 nitrogen and oxygen atoms in total. The molecule has 0 saturated carbocycles. The van der Waals surface area contributed by atoms with Gasteiger partial charge < -0.3 is 4.74 Å². The summed E-state index contributed by atoms with van der Waals surface area (Å²) in [6.07, 6.45) is 0. The van der Waals surface area contributed by atoms with Crippen molar-refractivity contribution in [3.05, 3.63) is 29.3 Å². The molecule has 0 unspecified atom stereocenters. The van der Waals surface area contributed by atoms with E-state index in [9.17, 15) is 4.79 Å². The van der Waals surface area contributed by atoms with Crippen LogP contribution < -0.4 is 10.1 Å². The third-order valence-corrected chi connectivity index (χ3v) is 4.62. The maximum Gasteiger partial charge on any atom is 0.264 e. The van der Waals surface area contributed by atoms with E-state index in [1.807, 2.05) is 32.0 Å². The zero-order valence-electron chi connectivity index (χ0n) is 13.0. The molecule has 0 aliphatic carbocycles. The van der Waals surface area contributed by atoms with E-state index < -0.39 is 0 Å². The number of anilines is 1. The average Bonchev–Trinajstić information content (AvgIpc) is 2.86. The Balaban J connectivity index is 1.87. The highest BCUT2D eigenvalue weighted by atomic mass is 32.2. The van der Waals surface area contributed by atoms with Crippen LogP contribution in [0.4, 0.5) is 5.13 Å². The Bertz CT molecular complexity index is 656. The predicted molar refractivity (Wildman–Crippen MR) is 90.9 cm³/mol. The first-order chi connectivity index (χ1) is 10.4. The fourth-order valence-electron chi connectivity index (χ4n) is 1.67. The van der Waals surface area contributed by atoms with E-state index in [4.69, 9.17) is 4.74 Å². The van der Waals surface area contributed by atoms with Gasteiger partial charge in [-0.3, -0.25) is 10.1 Å². The number of aryl methyl sites for hydroxylation is 2. The van der Waals surface area contributed by atoms with Crippen molar-refractivity contribution in [2.45, 2.75) is 37.3 Å². The minimum absolute atomic E-state index is 0.0451. The second-order valence-electron chi connectivity index (χ2n) is 5.15. The topological polar surface area (TPSA) is 64.1 Å². The molecule has 7 heteroatoms. The van der Waals surface area contributed by atoms with Gasteiger partial charge in [-0.25, -0.2) is 0 Å². The van der Waals surface area contributed by atoms with E-state index in [-0.39, 0.29) is 12.5 Å². The molecule has 1 heterocycles. The molecule has 1 N–H and O–H groups in total. The van der Waals surface area contributed by atoms with Crippen LogP contribution in [0.2, 0.25) is 0 Å². The van der Waals surface area contributed by atoms with E-state index in [0.717, 1.165) is 21.2 Å². The number of ether oxygens (including phenoxy) is 1. The van der Waals surface area contributed by atoms with Gasteiger partial charge in [-0.2, -0.15) is 0 Å². The average molecular weight is 337 g/mol. The van der Waals surface area contributed by atoms with Gasteiger partial charge in [-0.1, -0.05) is 49.1 Å². The summed E-state index contributed by atoms with van der Waals surface area (Å²) in [5.41, 5.74) is 2.10. The number of carbonyl (C=O) groups excluding carboxylic acids is 1. The Labute approximate surface area is 138 Å². The lowest BCUT2D eigenvalue weighted by Gasteiger charge is -2.09. The lowest BCUT2D eigenvalue weighted by Crippen LogP contribution is -2.20. The molecule has 0 spiro atoms. The molecule has 1 aromatic heterocycles. The summed E-state index contributed by atoms with van der Waals surface area (Å²) in [6.45, 7) is 8.07. The molecule has 0 radical (unpaired) electrons. The SMILES string of the molecule is Cc1ccc(C)c(OCC(=O)Nc2nnc(SC(C)C)s2)c1. The highest BCUT2D eigenvalue weighted by Gasteiger charge is 2.11. The number of aromatic nitrogens is 2. The van der Waals surface area contributed by atoms with Crippen molar-refractivity contribution < 1.29 is 9.53 Å². The molecule has 0 aliphatic heterocycles. The molecule has 118 valence electrons. The van der Waals surface area contributed by atoms with Crippen molar-refractivity contribution in [2.75, 3.05) is 11.9 Å². The second kappa shape index (κ2) is 7.60. The molecule has 2 aromatic rings. The third kappa shape index (κ3) is 4.99. The number of hydrogen-bond acceptors (Lipinski definition) is 6. The zero-order valence-corrected chi connectivity index (χ0v) is 14.7. The Hall–Kier alpha value is -1.60. The van der Waals surface area contributed by atoms with Crippen molar-refractivity contribution in [2.24, 2.45) is 0 Å². The number of nitrogens with zero attached hydrogens (tertiary/aromatic N) is 2. The molecule has 0 fully saturated rings. The number of nitrogens with one attached hydrogen (secondary N) is 1. The van der Waals surface area contributed by atoms with Crippen molar-refractivity contribution >= 4 is 34.1 Å². The van der Waals surface area contributed by atoms with Gasteiger partial charge in [0.25, 0.3) is 5.91 Å².